The maximum Gasteiger partial charge on any atom is 0.227 e. The second-order valence-corrected chi connectivity index (χ2v) is 5.65. The van der Waals surface area contributed by atoms with Crippen LogP contribution in [0.5, 0.6) is 0 Å². The van der Waals surface area contributed by atoms with Gasteiger partial charge in [-0.05, 0) is 35.9 Å². The van der Waals surface area contributed by atoms with Crippen molar-refractivity contribution in [3.63, 3.8) is 0 Å². The molecule has 0 unspecified atom stereocenters. The van der Waals surface area contributed by atoms with E-state index in [1.807, 2.05) is 6.07 Å². The molecular weight excluding hydrogens is 298 g/mol. The summed E-state index contributed by atoms with van der Waals surface area (Å²) in [6.45, 7) is 2.51. The predicted octanol–water partition coefficient (Wildman–Crippen LogP) is 2.86. The van der Waals surface area contributed by atoms with E-state index in [1.54, 1.807) is 23.1 Å². The van der Waals surface area contributed by atoms with E-state index in [9.17, 15) is 13.6 Å². The van der Waals surface area contributed by atoms with Crippen molar-refractivity contribution >= 4 is 11.6 Å². The third-order valence-corrected chi connectivity index (χ3v) is 4.05. The van der Waals surface area contributed by atoms with Crippen molar-refractivity contribution in [3.8, 4) is 0 Å². The summed E-state index contributed by atoms with van der Waals surface area (Å²) >= 11 is 0. The average Bonchev–Trinajstić information content (AvgIpc) is 2.55. The lowest BCUT2D eigenvalue weighted by molar-refractivity contribution is -0.130. The maximum atomic E-state index is 13.3. The van der Waals surface area contributed by atoms with Gasteiger partial charge in [0.05, 0.1) is 6.42 Å². The van der Waals surface area contributed by atoms with Gasteiger partial charge in [-0.25, -0.2) is 8.78 Å². The Morgan fingerprint density at radius 2 is 1.57 bits per heavy atom. The van der Waals surface area contributed by atoms with Gasteiger partial charge >= 0.3 is 0 Å². The number of carbonyl (C=O) groups is 1. The molecule has 1 fully saturated rings. The fourth-order valence-corrected chi connectivity index (χ4v) is 2.82. The van der Waals surface area contributed by atoms with E-state index in [-0.39, 0.29) is 24.0 Å². The largest absolute Gasteiger partial charge is 0.368 e. The Hall–Kier alpha value is -2.43. The van der Waals surface area contributed by atoms with Gasteiger partial charge in [-0.15, -0.1) is 0 Å². The summed E-state index contributed by atoms with van der Waals surface area (Å²) in [6, 6.07) is 12.6. The van der Waals surface area contributed by atoms with Crippen LogP contribution in [0.4, 0.5) is 14.5 Å². The van der Waals surface area contributed by atoms with E-state index in [0.29, 0.717) is 31.7 Å². The predicted molar refractivity (Wildman–Crippen MR) is 85.3 cm³/mol. The van der Waals surface area contributed by atoms with Crippen molar-refractivity contribution in [2.24, 2.45) is 0 Å². The van der Waals surface area contributed by atoms with Gasteiger partial charge in [-0.2, -0.15) is 0 Å². The normalized spacial score (nSPS) is 14.9. The molecule has 0 bridgehead atoms. The molecule has 120 valence electrons. The third-order valence-electron chi connectivity index (χ3n) is 4.05. The topological polar surface area (TPSA) is 23.6 Å². The first kappa shape index (κ1) is 15.5. The zero-order chi connectivity index (χ0) is 16.2. The molecule has 5 heteroatoms. The first-order chi connectivity index (χ1) is 11.1. The fraction of sp³-hybridized carbons (Fsp3) is 0.278. The van der Waals surface area contributed by atoms with Gasteiger partial charge in [0.25, 0.3) is 0 Å². The maximum absolute atomic E-state index is 13.3. The molecule has 0 atom stereocenters. The molecule has 0 saturated carbocycles. The van der Waals surface area contributed by atoms with Crippen molar-refractivity contribution < 1.29 is 13.6 Å². The van der Waals surface area contributed by atoms with E-state index in [2.05, 4.69) is 4.90 Å². The molecule has 1 amide bonds. The molecular formula is C18H18F2N2O. The molecule has 2 aromatic rings. The van der Waals surface area contributed by atoms with E-state index in [4.69, 9.17) is 0 Å². The van der Waals surface area contributed by atoms with Crippen molar-refractivity contribution in [1.82, 2.24) is 4.90 Å². The SMILES string of the molecule is O=C(Cc1cccc(F)c1)N1CCN(c2cccc(F)c2)CC1. The number of anilines is 1. The number of hydrogen-bond acceptors (Lipinski definition) is 2. The van der Waals surface area contributed by atoms with Crippen LogP contribution in [0.3, 0.4) is 0 Å². The van der Waals surface area contributed by atoms with Crippen LogP contribution in [-0.4, -0.2) is 37.0 Å². The van der Waals surface area contributed by atoms with Crippen LogP contribution in [0.1, 0.15) is 5.56 Å². The fourth-order valence-electron chi connectivity index (χ4n) is 2.82. The smallest absolute Gasteiger partial charge is 0.227 e. The standard InChI is InChI=1S/C18H18F2N2O/c19-15-4-1-3-14(11-15)12-18(23)22-9-7-21(8-10-22)17-6-2-5-16(20)13-17/h1-6,11,13H,7-10,12H2. The zero-order valence-electron chi connectivity index (χ0n) is 12.7. The Morgan fingerprint density at radius 3 is 2.22 bits per heavy atom. The van der Waals surface area contributed by atoms with Crippen LogP contribution in [0, 0.1) is 11.6 Å². The van der Waals surface area contributed by atoms with E-state index < -0.39 is 0 Å². The lowest BCUT2D eigenvalue weighted by Gasteiger charge is -2.36. The van der Waals surface area contributed by atoms with E-state index >= 15 is 0 Å². The number of piperazine rings is 1. The summed E-state index contributed by atoms with van der Waals surface area (Å²) in [7, 11) is 0. The molecule has 3 rings (SSSR count). The molecule has 2 aromatic carbocycles. The highest BCUT2D eigenvalue weighted by molar-refractivity contribution is 5.79. The van der Waals surface area contributed by atoms with Gasteiger partial charge in [0.2, 0.25) is 5.91 Å². The Labute approximate surface area is 134 Å². The van der Waals surface area contributed by atoms with Crippen molar-refractivity contribution in [2.75, 3.05) is 31.1 Å². The summed E-state index contributed by atoms with van der Waals surface area (Å²) in [5.74, 6) is -0.590. The molecule has 3 nitrogen and oxygen atoms in total. The molecule has 1 aliphatic rings. The van der Waals surface area contributed by atoms with Crippen LogP contribution in [0.2, 0.25) is 0 Å². The Kier molecular flexibility index (Phi) is 4.55. The molecule has 1 heterocycles. The minimum atomic E-state index is -0.328. The number of benzene rings is 2. The zero-order valence-corrected chi connectivity index (χ0v) is 12.7. The minimum absolute atomic E-state index is 0.00510. The second kappa shape index (κ2) is 6.77. The first-order valence-corrected chi connectivity index (χ1v) is 7.64. The monoisotopic (exact) mass is 316 g/mol. The van der Waals surface area contributed by atoms with Gasteiger partial charge in [-0.3, -0.25) is 4.79 Å². The summed E-state index contributed by atoms with van der Waals surface area (Å²) in [6.07, 6.45) is 0.206. The molecule has 0 spiro atoms. The first-order valence-electron chi connectivity index (χ1n) is 7.64. The van der Waals surface area contributed by atoms with E-state index in [0.717, 1.165) is 5.69 Å². The lowest BCUT2D eigenvalue weighted by atomic mass is 10.1. The number of amides is 1. The number of rotatable bonds is 3. The number of halogens is 2. The second-order valence-electron chi connectivity index (χ2n) is 5.65. The molecule has 0 aromatic heterocycles. The summed E-state index contributed by atoms with van der Waals surface area (Å²) in [5, 5.41) is 0. The summed E-state index contributed by atoms with van der Waals surface area (Å²) < 4.78 is 26.4. The number of hydrogen-bond donors (Lipinski definition) is 0. The Bertz CT molecular complexity index is 697. The van der Waals surface area contributed by atoms with Gasteiger partial charge in [0.15, 0.2) is 0 Å². The van der Waals surface area contributed by atoms with Crippen LogP contribution < -0.4 is 4.90 Å². The van der Waals surface area contributed by atoms with Crippen molar-refractivity contribution in [1.29, 1.82) is 0 Å². The molecule has 0 radical (unpaired) electrons. The van der Waals surface area contributed by atoms with Gasteiger partial charge in [0, 0.05) is 31.9 Å². The van der Waals surface area contributed by atoms with Crippen LogP contribution in [0.15, 0.2) is 48.5 Å². The molecule has 23 heavy (non-hydrogen) atoms. The Morgan fingerprint density at radius 1 is 0.913 bits per heavy atom. The van der Waals surface area contributed by atoms with Gasteiger partial charge in [0.1, 0.15) is 11.6 Å². The van der Waals surface area contributed by atoms with Crippen LogP contribution in [-0.2, 0) is 11.2 Å². The molecule has 0 aliphatic carbocycles. The van der Waals surface area contributed by atoms with Gasteiger partial charge in [-0.1, -0.05) is 18.2 Å². The Balaban J connectivity index is 1.57. The number of carbonyl (C=O) groups excluding carboxylic acids is 1. The van der Waals surface area contributed by atoms with Crippen molar-refractivity contribution in [2.45, 2.75) is 6.42 Å². The summed E-state index contributed by atoms with van der Waals surface area (Å²) in [5.41, 5.74) is 1.52. The molecule has 1 saturated heterocycles. The average molecular weight is 316 g/mol. The third kappa shape index (κ3) is 3.86. The molecule has 0 N–H and O–H groups in total. The van der Waals surface area contributed by atoms with Crippen molar-refractivity contribution in [3.05, 3.63) is 65.7 Å². The van der Waals surface area contributed by atoms with Crippen LogP contribution >= 0.6 is 0 Å². The van der Waals surface area contributed by atoms with E-state index in [1.165, 1.54) is 24.3 Å². The highest BCUT2D eigenvalue weighted by Gasteiger charge is 2.21. The lowest BCUT2D eigenvalue weighted by Crippen LogP contribution is -2.49. The highest BCUT2D eigenvalue weighted by atomic mass is 19.1. The molecule has 1 aliphatic heterocycles. The van der Waals surface area contributed by atoms with Gasteiger partial charge < -0.3 is 9.80 Å². The minimum Gasteiger partial charge on any atom is -0.368 e. The highest BCUT2D eigenvalue weighted by Crippen LogP contribution is 2.18. The summed E-state index contributed by atoms with van der Waals surface area (Å²) in [4.78, 5) is 16.1. The quantitative estimate of drug-likeness (QED) is 0.869. The number of nitrogens with zero attached hydrogens (tertiary/aromatic N) is 2. The van der Waals surface area contributed by atoms with Crippen LogP contribution in [0.25, 0.3) is 0 Å².